The van der Waals surface area contributed by atoms with Crippen LogP contribution in [0.2, 0.25) is 0 Å². The minimum absolute atomic E-state index is 0.00508. The molecule has 4 rings (SSSR count). The molecular formula is C33H34FN3O5S. The molecule has 0 aliphatic rings. The van der Waals surface area contributed by atoms with Crippen molar-refractivity contribution in [3.63, 3.8) is 0 Å². The molecule has 0 aliphatic heterocycles. The molecule has 4 aromatic carbocycles. The first-order chi connectivity index (χ1) is 20.6. The Kier molecular flexibility index (Phi) is 10.2. The molecule has 0 saturated heterocycles. The van der Waals surface area contributed by atoms with Crippen molar-refractivity contribution in [2.24, 2.45) is 0 Å². The van der Waals surface area contributed by atoms with Gasteiger partial charge >= 0.3 is 0 Å². The van der Waals surface area contributed by atoms with Crippen molar-refractivity contribution in [2.75, 3.05) is 25.0 Å². The molecule has 0 spiro atoms. The van der Waals surface area contributed by atoms with E-state index in [-0.39, 0.29) is 29.1 Å². The Morgan fingerprint density at radius 2 is 1.51 bits per heavy atom. The number of sulfonamides is 1. The molecule has 0 aromatic heterocycles. The van der Waals surface area contributed by atoms with Gasteiger partial charge in [0.2, 0.25) is 11.8 Å². The molecule has 0 aliphatic carbocycles. The van der Waals surface area contributed by atoms with Crippen LogP contribution in [0.3, 0.4) is 0 Å². The maximum Gasteiger partial charge on any atom is 0.264 e. The minimum Gasteiger partial charge on any atom is -0.497 e. The van der Waals surface area contributed by atoms with Gasteiger partial charge in [0.15, 0.2) is 0 Å². The van der Waals surface area contributed by atoms with Gasteiger partial charge in [0.25, 0.3) is 10.0 Å². The van der Waals surface area contributed by atoms with E-state index < -0.39 is 40.2 Å². The number of halogens is 1. The minimum atomic E-state index is -4.24. The molecule has 1 atom stereocenters. The first-order valence-electron chi connectivity index (χ1n) is 13.7. The summed E-state index contributed by atoms with van der Waals surface area (Å²) in [6.07, 6.45) is 0.133. The highest BCUT2D eigenvalue weighted by atomic mass is 32.2. The fraction of sp³-hybridized carbons (Fsp3) is 0.212. The zero-order valence-corrected chi connectivity index (χ0v) is 25.1. The molecule has 0 heterocycles. The van der Waals surface area contributed by atoms with Crippen molar-refractivity contribution in [3.8, 4) is 5.75 Å². The monoisotopic (exact) mass is 603 g/mol. The number of benzene rings is 4. The molecule has 0 radical (unpaired) electrons. The average Bonchev–Trinajstić information content (AvgIpc) is 3.02. The topological polar surface area (TPSA) is 96.0 Å². The van der Waals surface area contributed by atoms with Gasteiger partial charge in [0.1, 0.15) is 24.2 Å². The number of anilines is 1. The van der Waals surface area contributed by atoms with E-state index in [2.05, 4.69) is 5.32 Å². The fourth-order valence-corrected chi connectivity index (χ4v) is 6.06. The summed E-state index contributed by atoms with van der Waals surface area (Å²) in [4.78, 5) is 28.7. The number of aryl methyl sites for hydroxylation is 1. The van der Waals surface area contributed by atoms with Crippen LogP contribution in [0.5, 0.6) is 5.75 Å². The molecular weight excluding hydrogens is 569 g/mol. The van der Waals surface area contributed by atoms with Crippen LogP contribution in [0.15, 0.2) is 108 Å². The number of methoxy groups -OCH3 is 1. The zero-order chi connectivity index (χ0) is 31.0. The normalized spacial score (nSPS) is 11.8. The van der Waals surface area contributed by atoms with Gasteiger partial charge in [0.05, 0.1) is 17.7 Å². The Balaban J connectivity index is 1.79. The lowest BCUT2D eigenvalue weighted by atomic mass is 10.0. The molecule has 4 aromatic rings. The van der Waals surface area contributed by atoms with E-state index in [0.29, 0.717) is 5.75 Å². The van der Waals surface area contributed by atoms with E-state index in [1.54, 1.807) is 42.5 Å². The van der Waals surface area contributed by atoms with Crippen LogP contribution in [0.1, 0.15) is 16.7 Å². The quantitative estimate of drug-likeness (QED) is 0.253. The zero-order valence-electron chi connectivity index (χ0n) is 24.2. The van der Waals surface area contributed by atoms with Crippen molar-refractivity contribution in [1.29, 1.82) is 0 Å². The van der Waals surface area contributed by atoms with Gasteiger partial charge < -0.3 is 15.0 Å². The lowest BCUT2D eigenvalue weighted by Gasteiger charge is -2.33. The molecule has 10 heteroatoms. The highest BCUT2D eigenvalue weighted by Crippen LogP contribution is 2.27. The molecule has 224 valence electrons. The number of nitrogens with one attached hydrogen (secondary N) is 1. The molecule has 0 unspecified atom stereocenters. The third kappa shape index (κ3) is 7.58. The van der Waals surface area contributed by atoms with Gasteiger partial charge in [-0.1, -0.05) is 66.2 Å². The standard InChI is InChI=1S/C33H34FN3O5S/c1-24-13-19-29(20-14-24)43(40,41)37(27-15-17-28(42-3)18-16-27)23-32(38)36(22-26-11-7-8-12-30(26)34)31(33(39)35-2)21-25-9-5-4-6-10-25/h4-20,31H,21-23H2,1-3H3,(H,35,39)/t31-/m1/s1. The SMILES string of the molecule is CNC(=O)[C@@H](Cc1ccccc1)N(Cc1ccccc1F)C(=O)CN(c1ccc(OC)cc1)S(=O)(=O)c1ccc(C)cc1. The Bertz CT molecular complexity index is 1650. The number of carbonyl (C=O) groups is 2. The van der Waals surface area contributed by atoms with Crippen LogP contribution < -0.4 is 14.4 Å². The summed E-state index contributed by atoms with van der Waals surface area (Å²) in [6.45, 7) is 0.949. The second-order valence-electron chi connectivity index (χ2n) is 9.96. The van der Waals surface area contributed by atoms with Crippen molar-refractivity contribution < 1.29 is 27.1 Å². The molecule has 1 N–H and O–H groups in total. The molecule has 43 heavy (non-hydrogen) atoms. The van der Waals surface area contributed by atoms with E-state index >= 15 is 0 Å². The average molecular weight is 604 g/mol. The Hall–Kier alpha value is -4.70. The van der Waals surface area contributed by atoms with Crippen LogP contribution in [-0.2, 0) is 32.6 Å². The summed E-state index contributed by atoms with van der Waals surface area (Å²) in [7, 11) is -1.29. The first kappa shape index (κ1) is 31.2. The van der Waals surface area contributed by atoms with E-state index in [1.165, 1.54) is 49.4 Å². The van der Waals surface area contributed by atoms with Crippen molar-refractivity contribution >= 4 is 27.5 Å². The maximum atomic E-state index is 14.9. The van der Waals surface area contributed by atoms with Crippen molar-refractivity contribution in [3.05, 3.63) is 126 Å². The van der Waals surface area contributed by atoms with Gasteiger partial charge in [-0.15, -0.1) is 0 Å². The number of rotatable bonds is 12. The summed E-state index contributed by atoms with van der Waals surface area (Å²) in [5.74, 6) is -1.19. The smallest absolute Gasteiger partial charge is 0.264 e. The van der Waals surface area contributed by atoms with Crippen LogP contribution in [0, 0.1) is 12.7 Å². The molecule has 0 saturated carbocycles. The highest BCUT2D eigenvalue weighted by molar-refractivity contribution is 7.92. The predicted molar refractivity (Wildman–Crippen MR) is 164 cm³/mol. The highest BCUT2D eigenvalue weighted by Gasteiger charge is 2.34. The second kappa shape index (κ2) is 14.0. The first-order valence-corrected chi connectivity index (χ1v) is 15.1. The van der Waals surface area contributed by atoms with Gasteiger partial charge in [-0.3, -0.25) is 13.9 Å². The summed E-state index contributed by atoms with van der Waals surface area (Å²) < 4.78 is 49.1. The summed E-state index contributed by atoms with van der Waals surface area (Å²) in [6, 6.07) is 26.6. The molecule has 8 nitrogen and oxygen atoms in total. The Morgan fingerprint density at radius 3 is 2.12 bits per heavy atom. The number of hydrogen-bond donors (Lipinski definition) is 1. The van der Waals surface area contributed by atoms with Gasteiger partial charge in [-0.2, -0.15) is 0 Å². The lowest BCUT2D eigenvalue weighted by Crippen LogP contribution is -2.53. The Morgan fingerprint density at radius 1 is 0.884 bits per heavy atom. The summed E-state index contributed by atoms with van der Waals surface area (Å²) in [5.41, 5.74) is 2.06. The number of carbonyl (C=O) groups excluding carboxylic acids is 2. The van der Waals surface area contributed by atoms with Crippen molar-refractivity contribution in [2.45, 2.75) is 30.8 Å². The van der Waals surface area contributed by atoms with Crippen LogP contribution in [0.4, 0.5) is 10.1 Å². The van der Waals surface area contributed by atoms with Crippen LogP contribution in [-0.4, -0.2) is 51.9 Å². The summed E-state index contributed by atoms with van der Waals surface area (Å²) >= 11 is 0. The van der Waals surface area contributed by atoms with E-state index in [1.807, 2.05) is 37.3 Å². The largest absolute Gasteiger partial charge is 0.497 e. The Labute approximate surface area is 251 Å². The van der Waals surface area contributed by atoms with Crippen LogP contribution >= 0.6 is 0 Å². The number of hydrogen-bond acceptors (Lipinski definition) is 5. The van der Waals surface area contributed by atoms with Gasteiger partial charge in [-0.25, -0.2) is 12.8 Å². The lowest BCUT2D eigenvalue weighted by molar-refractivity contribution is -0.139. The second-order valence-corrected chi connectivity index (χ2v) is 11.8. The van der Waals surface area contributed by atoms with Gasteiger partial charge in [0, 0.05) is 25.6 Å². The van der Waals surface area contributed by atoms with E-state index in [4.69, 9.17) is 4.74 Å². The molecule has 0 fully saturated rings. The summed E-state index contributed by atoms with van der Waals surface area (Å²) in [5, 5.41) is 2.61. The van der Waals surface area contributed by atoms with Crippen LogP contribution in [0.25, 0.3) is 0 Å². The third-order valence-electron chi connectivity index (χ3n) is 7.06. The van der Waals surface area contributed by atoms with Crippen molar-refractivity contribution in [1.82, 2.24) is 10.2 Å². The number of amides is 2. The maximum absolute atomic E-state index is 14.9. The predicted octanol–water partition coefficient (Wildman–Crippen LogP) is 4.72. The van der Waals surface area contributed by atoms with Gasteiger partial charge in [-0.05, 0) is 55.0 Å². The molecule has 2 amide bonds. The van der Waals surface area contributed by atoms with E-state index in [0.717, 1.165) is 15.4 Å². The van der Waals surface area contributed by atoms with E-state index in [9.17, 15) is 22.4 Å². The fourth-order valence-electron chi connectivity index (χ4n) is 4.65. The third-order valence-corrected chi connectivity index (χ3v) is 8.85. The number of nitrogens with zero attached hydrogens (tertiary/aromatic N) is 2. The number of ether oxygens (including phenoxy) is 1. The molecule has 0 bridgehead atoms. The number of likely N-dealkylation sites (N-methyl/N-ethyl adjacent to an activating group) is 1.